The van der Waals surface area contributed by atoms with E-state index in [0.29, 0.717) is 10.7 Å². The van der Waals surface area contributed by atoms with Crippen LogP contribution in [0.5, 0.6) is 11.5 Å². The number of benzene rings is 2. The van der Waals surface area contributed by atoms with E-state index in [1.807, 2.05) is 54.8 Å². The van der Waals surface area contributed by atoms with Crippen LogP contribution in [0.1, 0.15) is 5.56 Å². The summed E-state index contributed by atoms with van der Waals surface area (Å²) in [5, 5.41) is 0. The summed E-state index contributed by atoms with van der Waals surface area (Å²) >= 11 is 6.70. The van der Waals surface area contributed by atoms with Crippen LogP contribution in [-0.2, 0) is 0 Å². The lowest BCUT2D eigenvalue weighted by atomic mass is 10.2. The van der Waals surface area contributed by atoms with Gasteiger partial charge in [0.15, 0.2) is 0 Å². The molecule has 0 radical (unpaired) electrons. The van der Waals surface area contributed by atoms with E-state index in [1.165, 1.54) is 4.90 Å². The van der Waals surface area contributed by atoms with E-state index in [1.54, 1.807) is 11.8 Å². The minimum Gasteiger partial charge on any atom is -0.457 e. The summed E-state index contributed by atoms with van der Waals surface area (Å²) < 4.78 is 5.79. The summed E-state index contributed by atoms with van der Waals surface area (Å²) in [6, 6.07) is 15.4. The van der Waals surface area contributed by atoms with Gasteiger partial charge in [0.2, 0.25) is 0 Å². The predicted octanol–water partition coefficient (Wildman–Crippen LogP) is 3.84. The maximum absolute atomic E-state index is 5.79. The zero-order valence-corrected chi connectivity index (χ0v) is 11.6. The van der Waals surface area contributed by atoms with Gasteiger partial charge in [-0.15, -0.1) is 11.8 Å². The molecule has 92 valence electrons. The third-order valence-electron chi connectivity index (χ3n) is 2.44. The number of thiocarbonyl (C=S) groups is 1. The Hall–Kier alpha value is -1.52. The highest BCUT2D eigenvalue weighted by Crippen LogP contribution is 2.26. The Labute approximate surface area is 116 Å². The molecule has 2 nitrogen and oxygen atoms in total. The number of hydrogen-bond donors (Lipinski definition) is 1. The molecule has 0 heterocycles. The van der Waals surface area contributed by atoms with Gasteiger partial charge in [-0.3, -0.25) is 0 Å². The highest BCUT2D eigenvalue weighted by Gasteiger charge is 2.06. The summed E-state index contributed by atoms with van der Waals surface area (Å²) in [5.41, 5.74) is 6.41. The second-order valence-electron chi connectivity index (χ2n) is 3.64. The number of rotatable bonds is 4. The summed E-state index contributed by atoms with van der Waals surface area (Å²) in [7, 11) is 0. The molecule has 2 aromatic carbocycles. The first-order valence-corrected chi connectivity index (χ1v) is 7.05. The van der Waals surface area contributed by atoms with Crippen LogP contribution in [0.3, 0.4) is 0 Å². The maximum atomic E-state index is 5.79. The highest BCUT2D eigenvalue weighted by atomic mass is 32.2. The highest BCUT2D eigenvalue weighted by molar-refractivity contribution is 7.98. The van der Waals surface area contributed by atoms with E-state index < -0.39 is 0 Å². The van der Waals surface area contributed by atoms with Gasteiger partial charge in [0.05, 0.1) is 5.56 Å². The number of ether oxygens (including phenoxy) is 1. The number of nitrogens with two attached hydrogens (primary N) is 1. The minimum atomic E-state index is 0.339. The van der Waals surface area contributed by atoms with Crippen molar-refractivity contribution in [1.29, 1.82) is 0 Å². The van der Waals surface area contributed by atoms with Crippen molar-refractivity contribution in [3.8, 4) is 11.5 Å². The zero-order chi connectivity index (χ0) is 13.0. The fourth-order valence-electron chi connectivity index (χ4n) is 1.53. The molecule has 0 fully saturated rings. The topological polar surface area (TPSA) is 35.2 Å². The van der Waals surface area contributed by atoms with Gasteiger partial charge >= 0.3 is 0 Å². The molecule has 2 aromatic rings. The Balaban J connectivity index is 2.25. The van der Waals surface area contributed by atoms with E-state index in [4.69, 9.17) is 22.7 Å². The Morgan fingerprint density at radius 2 is 1.78 bits per heavy atom. The van der Waals surface area contributed by atoms with Crippen molar-refractivity contribution in [2.24, 2.45) is 5.73 Å². The van der Waals surface area contributed by atoms with Crippen LogP contribution >= 0.6 is 24.0 Å². The Morgan fingerprint density at radius 3 is 2.39 bits per heavy atom. The van der Waals surface area contributed by atoms with E-state index in [-0.39, 0.29) is 0 Å². The second-order valence-corrected chi connectivity index (χ2v) is 4.96. The van der Waals surface area contributed by atoms with Gasteiger partial charge in [0.25, 0.3) is 0 Å². The SMILES string of the molecule is CSc1ccc(Oc2ccccc2C(N)=S)cc1. The van der Waals surface area contributed by atoms with Gasteiger partial charge < -0.3 is 10.5 Å². The molecule has 0 aliphatic heterocycles. The molecule has 0 aromatic heterocycles. The summed E-state index contributed by atoms with van der Waals surface area (Å²) in [6.07, 6.45) is 2.04. The molecular weight excluding hydrogens is 262 g/mol. The van der Waals surface area contributed by atoms with Gasteiger partial charge in [-0.2, -0.15) is 0 Å². The van der Waals surface area contributed by atoms with Crippen LogP contribution in [0, 0.1) is 0 Å². The molecule has 0 saturated heterocycles. The molecule has 0 aliphatic carbocycles. The van der Waals surface area contributed by atoms with E-state index in [2.05, 4.69) is 0 Å². The zero-order valence-electron chi connectivity index (χ0n) is 9.92. The Morgan fingerprint density at radius 1 is 1.11 bits per heavy atom. The molecular formula is C14H13NOS2. The van der Waals surface area contributed by atoms with Gasteiger partial charge in [-0.1, -0.05) is 24.4 Å². The molecule has 2 rings (SSSR count). The van der Waals surface area contributed by atoms with Gasteiger partial charge in [-0.05, 0) is 42.7 Å². The van der Waals surface area contributed by atoms with Crippen LogP contribution in [0.4, 0.5) is 0 Å². The van der Waals surface area contributed by atoms with Crippen LogP contribution < -0.4 is 10.5 Å². The van der Waals surface area contributed by atoms with Crippen molar-refractivity contribution in [2.45, 2.75) is 4.90 Å². The molecule has 4 heteroatoms. The third-order valence-corrected chi connectivity index (χ3v) is 3.40. The van der Waals surface area contributed by atoms with Crippen molar-refractivity contribution in [2.75, 3.05) is 6.26 Å². The van der Waals surface area contributed by atoms with Gasteiger partial charge in [0, 0.05) is 4.90 Å². The summed E-state index contributed by atoms with van der Waals surface area (Å²) in [4.78, 5) is 1.54. The predicted molar refractivity (Wildman–Crippen MR) is 80.6 cm³/mol. The fraction of sp³-hybridized carbons (Fsp3) is 0.0714. The molecule has 18 heavy (non-hydrogen) atoms. The minimum absolute atomic E-state index is 0.339. The average molecular weight is 275 g/mol. The number of hydrogen-bond acceptors (Lipinski definition) is 3. The smallest absolute Gasteiger partial charge is 0.137 e. The third kappa shape index (κ3) is 3.03. The lowest BCUT2D eigenvalue weighted by Crippen LogP contribution is -2.10. The van der Waals surface area contributed by atoms with Crippen LogP contribution in [-0.4, -0.2) is 11.2 Å². The second kappa shape index (κ2) is 5.89. The largest absolute Gasteiger partial charge is 0.457 e. The molecule has 0 saturated carbocycles. The first kappa shape index (κ1) is 12.9. The van der Waals surface area contributed by atoms with E-state index >= 15 is 0 Å². The summed E-state index contributed by atoms with van der Waals surface area (Å²) in [6.45, 7) is 0. The molecule has 0 atom stereocenters. The maximum Gasteiger partial charge on any atom is 0.137 e. The average Bonchev–Trinajstić information content (AvgIpc) is 2.40. The fourth-order valence-corrected chi connectivity index (χ4v) is 2.11. The quantitative estimate of drug-likeness (QED) is 0.679. The molecule has 0 unspecified atom stereocenters. The van der Waals surface area contributed by atoms with Crippen molar-refractivity contribution in [3.05, 3.63) is 54.1 Å². The van der Waals surface area contributed by atoms with Crippen molar-refractivity contribution in [1.82, 2.24) is 0 Å². The van der Waals surface area contributed by atoms with Crippen LogP contribution in [0.25, 0.3) is 0 Å². The Kier molecular flexibility index (Phi) is 4.23. The summed E-state index contributed by atoms with van der Waals surface area (Å²) in [5.74, 6) is 1.46. The van der Waals surface area contributed by atoms with Crippen molar-refractivity contribution in [3.63, 3.8) is 0 Å². The van der Waals surface area contributed by atoms with Gasteiger partial charge in [0.1, 0.15) is 16.5 Å². The first-order chi connectivity index (χ1) is 8.70. The monoisotopic (exact) mass is 275 g/mol. The lowest BCUT2D eigenvalue weighted by Gasteiger charge is -2.10. The molecule has 0 spiro atoms. The van der Waals surface area contributed by atoms with E-state index in [0.717, 1.165) is 11.3 Å². The number of para-hydroxylation sites is 1. The lowest BCUT2D eigenvalue weighted by molar-refractivity contribution is 0.481. The Bertz CT molecular complexity index is 552. The standard InChI is InChI=1S/C14H13NOS2/c1-18-11-8-6-10(7-9-11)16-13-5-3-2-4-12(13)14(15)17/h2-9H,1H3,(H2,15,17). The molecule has 0 amide bonds. The number of thioether (sulfide) groups is 1. The van der Waals surface area contributed by atoms with Crippen molar-refractivity contribution >= 4 is 29.0 Å². The van der Waals surface area contributed by atoms with Crippen LogP contribution in [0.15, 0.2) is 53.4 Å². The molecule has 0 bridgehead atoms. The molecule has 0 aliphatic rings. The van der Waals surface area contributed by atoms with Crippen molar-refractivity contribution < 1.29 is 4.74 Å². The van der Waals surface area contributed by atoms with E-state index in [9.17, 15) is 0 Å². The van der Waals surface area contributed by atoms with Crippen LogP contribution in [0.2, 0.25) is 0 Å². The molecule has 2 N–H and O–H groups in total. The van der Waals surface area contributed by atoms with Gasteiger partial charge in [-0.25, -0.2) is 0 Å². The normalized spacial score (nSPS) is 10.1. The first-order valence-electron chi connectivity index (χ1n) is 5.41.